The van der Waals surface area contributed by atoms with E-state index in [1.54, 1.807) is 37.3 Å². The second-order valence-electron chi connectivity index (χ2n) is 12.5. The number of carbonyl (C=O) groups excluding carboxylic acids is 4. The van der Waals surface area contributed by atoms with E-state index in [2.05, 4.69) is 13.8 Å². The number of fused-ring (bicyclic) bond motifs is 2. The van der Waals surface area contributed by atoms with Crippen molar-refractivity contribution in [3.8, 4) is 0 Å². The molecule has 0 amide bonds. The number of hydrogen-bond acceptors (Lipinski definition) is 8. The van der Waals surface area contributed by atoms with Gasteiger partial charge >= 0.3 is 17.9 Å². The number of hydrogen-bond donors (Lipinski definition) is 0. The standard InChI is InChI=1S/C31H38O8/c1-17-14-23-22(29(23,5)6)12-13-30(16-36-30)27(37-19(3)32)24-25(38-28(35)21-10-8-7-9-11-21)18(2)15-31(24,26(17)34)39-20(4)33/h7-11,14,18,22-25,27H,12-13,15-16H2,1-6H3/b17-14+/t18-,22-,23+,24+,25-,27-,30-,31+/m0/s1. The van der Waals surface area contributed by atoms with Gasteiger partial charge in [0, 0.05) is 20.3 Å². The highest BCUT2D eigenvalue weighted by molar-refractivity contribution is 6.03. The summed E-state index contributed by atoms with van der Waals surface area (Å²) in [6.45, 7) is 10.9. The van der Waals surface area contributed by atoms with Crippen LogP contribution >= 0.6 is 0 Å². The summed E-state index contributed by atoms with van der Waals surface area (Å²) in [5.41, 5.74) is -1.68. The molecule has 39 heavy (non-hydrogen) atoms. The van der Waals surface area contributed by atoms with E-state index in [4.69, 9.17) is 18.9 Å². The summed E-state index contributed by atoms with van der Waals surface area (Å²) >= 11 is 0. The van der Waals surface area contributed by atoms with Crippen LogP contribution in [0.15, 0.2) is 42.0 Å². The SMILES string of the molecule is CC(=O)O[C@H]1[C@H]2[C@@H](OC(=O)c3ccccc3)[C@@H](C)C[C@]2(OC(C)=O)C(=O)/C(C)=C/[C@@H]2[C@H](CC[C@]13CO3)C2(C)C. The molecule has 1 heterocycles. The zero-order chi connectivity index (χ0) is 28.3. The highest BCUT2D eigenvalue weighted by atomic mass is 16.6. The number of ketones is 1. The second kappa shape index (κ2) is 9.58. The number of ether oxygens (including phenoxy) is 4. The van der Waals surface area contributed by atoms with Gasteiger partial charge in [0.05, 0.1) is 18.1 Å². The van der Waals surface area contributed by atoms with Crippen LogP contribution < -0.4 is 0 Å². The van der Waals surface area contributed by atoms with Gasteiger partial charge in [-0.1, -0.05) is 45.0 Å². The molecule has 3 aliphatic carbocycles. The van der Waals surface area contributed by atoms with Crippen molar-refractivity contribution in [2.45, 2.75) is 84.2 Å². The molecule has 0 radical (unpaired) electrons. The van der Waals surface area contributed by atoms with Gasteiger partial charge in [-0.15, -0.1) is 0 Å². The van der Waals surface area contributed by atoms with Crippen LogP contribution in [0.5, 0.6) is 0 Å². The molecule has 1 aromatic rings. The predicted octanol–water partition coefficient (Wildman–Crippen LogP) is 4.45. The van der Waals surface area contributed by atoms with Crippen LogP contribution in [-0.4, -0.2) is 53.7 Å². The Morgan fingerprint density at radius 3 is 2.28 bits per heavy atom. The maximum Gasteiger partial charge on any atom is 0.338 e. The van der Waals surface area contributed by atoms with Crippen molar-refractivity contribution in [1.82, 2.24) is 0 Å². The predicted molar refractivity (Wildman–Crippen MR) is 140 cm³/mol. The molecule has 8 atom stereocenters. The molecule has 3 fully saturated rings. The summed E-state index contributed by atoms with van der Waals surface area (Å²) < 4.78 is 24.2. The quantitative estimate of drug-likeness (QED) is 0.314. The Kier molecular flexibility index (Phi) is 6.77. The van der Waals surface area contributed by atoms with Crippen molar-refractivity contribution < 1.29 is 38.1 Å². The van der Waals surface area contributed by atoms with Gasteiger partial charge in [0.25, 0.3) is 0 Å². The van der Waals surface area contributed by atoms with Crippen LogP contribution in [0.25, 0.3) is 0 Å². The average Bonchev–Trinajstić information content (AvgIpc) is 3.73. The molecule has 8 heteroatoms. The Morgan fingerprint density at radius 2 is 1.69 bits per heavy atom. The molecule has 2 saturated carbocycles. The molecule has 5 rings (SSSR count). The first-order valence-electron chi connectivity index (χ1n) is 13.8. The number of epoxide rings is 1. The van der Waals surface area contributed by atoms with E-state index in [1.165, 1.54) is 13.8 Å². The molecule has 0 bridgehead atoms. The summed E-state index contributed by atoms with van der Waals surface area (Å²) in [5, 5.41) is 0. The van der Waals surface area contributed by atoms with Gasteiger partial charge in [0.15, 0.2) is 5.60 Å². The van der Waals surface area contributed by atoms with Gasteiger partial charge < -0.3 is 18.9 Å². The highest BCUT2D eigenvalue weighted by Gasteiger charge is 2.71. The molecule has 210 valence electrons. The normalized spacial score (nSPS) is 39.7. The van der Waals surface area contributed by atoms with Crippen molar-refractivity contribution in [2.75, 3.05) is 6.61 Å². The Hall–Kier alpha value is -3.00. The summed E-state index contributed by atoms with van der Waals surface area (Å²) in [7, 11) is 0. The molecule has 1 aliphatic heterocycles. The monoisotopic (exact) mass is 538 g/mol. The molecule has 4 aliphatic rings. The second-order valence-corrected chi connectivity index (χ2v) is 12.5. The highest BCUT2D eigenvalue weighted by Crippen LogP contribution is 2.64. The Bertz CT molecular complexity index is 1210. The molecular weight excluding hydrogens is 500 g/mol. The van der Waals surface area contributed by atoms with Crippen molar-refractivity contribution in [2.24, 2.45) is 29.1 Å². The third-order valence-corrected chi connectivity index (χ3v) is 9.50. The average molecular weight is 539 g/mol. The third-order valence-electron chi connectivity index (χ3n) is 9.50. The molecule has 0 N–H and O–H groups in total. The van der Waals surface area contributed by atoms with Crippen molar-refractivity contribution >= 4 is 23.7 Å². The fraction of sp³-hybridized carbons (Fsp3) is 0.613. The van der Waals surface area contributed by atoms with Crippen LogP contribution in [0.1, 0.15) is 71.2 Å². The molecule has 1 saturated heterocycles. The lowest BCUT2D eigenvalue weighted by Crippen LogP contribution is -2.58. The Morgan fingerprint density at radius 1 is 1.03 bits per heavy atom. The lowest BCUT2D eigenvalue weighted by Gasteiger charge is -2.41. The Labute approximate surface area is 229 Å². The number of allylic oxidation sites excluding steroid dienone is 1. The number of benzene rings is 1. The minimum absolute atomic E-state index is 0.0124. The zero-order valence-corrected chi connectivity index (χ0v) is 23.5. The summed E-state index contributed by atoms with van der Waals surface area (Å²) in [5.74, 6) is -2.86. The summed E-state index contributed by atoms with van der Waals surface area (Å²) in [6, 6.07) is 8.59. The summed E-state index contributed by atoms with van der Waals surface area (Å²) in [6.07, 6.45) is 1.74. The molecule has 1 spiro atoms. The van der Waals surface area contributed by atoms with E-state index >= 15 is 0 Å². The van der Waals surface area contributed by atoms with E-state index in [9.17, 15) is 19.2 Å². The topological polar surface area (TPSA) is 108 Å². The maximum atomic E-state index is 14.4. The van der Waals surface area contributed by atoms with Crippen molar-refractivity contribution in [3.05, 3.63) is 47.5 Å². The lowest BCUT2D eigenvalue weighted by molar-refractivity contribution is -0.186. The van der Waals surface area contributed by atoms with Crippen LogP contribution in [-0.2, 0) is 33.3 Å². The van der Waals surface area contributed by atoms with Gasteiger partial charge in [-0.2, -0.15) is 0 Å². The molecule has 0 aromatic heterocycles. The number of rotatable bonds is 4. The van der Waals surface area contributed by atoms with E-state index in [-0.39, 0.29) is 29.5 Å². The van der Waals surface area contributed by atoms with E-state index in [0.29, 0.717) is 30.1 Å². The molecule has 1 aromatic carbocycles. The fourth-order valence-electron chi connectivity index (χ4n) is 7.36. The largest absolute Gasteiger partial charge is 0.459 e. The fourth-order valence-corrected chi connectivity index (χ4v) is 7.36. The van der Waals surface area contributed by atoms with Crippen LogP contribution in [0.3, 0.4) is 0 Å². The first-order valence-corrected chi connectivity index (χ1v) is 13.8. The molecular formula is C31H38O8. The third kappa shape index (κ3) is 4.71. The summed E-state index contributed by atoms with van der Waals surface area (Å²) in [4.78, 5) is 52.9. The number of carbonyl (C=O) groups is 4. The van der Waals surface area contributed by atoms with E-state index < -0.39 is 47.2 Å². The minimum Gasteiger partial charge on any atom is -0.459 e. The van der Waals surface area contributed by atoms with Crippen LogP contribution in [0.2, 0.25) is 0 Å². The van der Waals surface area contributed by atoms with Gasteiger partial charge in [-0.25, -0.2) is 4.79 Å². The van der Waals surface area contributed by atoms with Crippen molar-refractivity contribution in [3.63, 3.8) is 0 Å². The first kappa shape index (κ1) is 27.6. The van der Waals surface area contributed by atoms with Gasteiger partial charge in [-0.05, 0) is 60.6 Å². The van der Waals surface area contributed by atoms with Gasteiger partial charge in [0.2, 0.25) is 5.78 Å². The number of Topliss-reactive ketones (excluding diaryl/α,β-unsaturated/α-hetero) is 1. The molecule has 8 nitrogen and oxygen atoms in total. The smallest absolute Gasteiger partial charge is 0.338 e. The zero-order valence-electron chi connectivity index (χ0n) is 23.5. The van der Waals surface area contributed by atoms with Crippen LogP contribution in [0.4, 0.5) is 0 Å². The number of esters is 3. The molecule has 0 unspecified atom stereocenters. The van der Waals surface area contributed by atoms with Crippen molar-refractivity contribution in [1.29, 1.82) is 0 Å². The Balaban J connectivity index is 1.66. The van der Waals surface area contributed by atoms with Gasteiger partial charge in [0.1, 0.15) is 17.8 Å². The minimum atomic E-state index is -1.69. The van der Waals surface area contributed by atoms with Gasteiger partial charge in [-0.3, -0.25) is 14.4 Å². The first-order chi connectivity index (χ1) is 18.3. The lowest BCUT2D eigenvalue weighted by atomic mass is 9.74. The maximum absolute atomic E-state index is 14.4. The van der Waals surface area contributed by atoms with E-state index in [0.717, 1.165) is 6.42 Å². The van der Waals surface area contributed by atoms with Crippen LogP contribution in [0, 0.1) is 29.1 Å². The van der Waals surface area contributed by atoms with E-state index in [1.807, 2.05) is 13.0 Å².